The molecule has 1 N–H and O–H groups in total. The minimum absolute atomic E-state index is 0. The fourth-order valence-corrected chi connectivity index (χ4v) is 2.78. The molecule has 1 aromatic carbocycles. The topological polar surface area (TPSA) is 50.2 Å². The van der Waals surface area contributed by atoms with Crippen molar-refractivity contribution in [2.75, 3.05) is 19.6 Å². The van der Waals surface area contributed by atoms with Crippen LogP contribution in [0.5, 0.6) is 0 Å². The van der Waals surface area contributed by atoms with Gasteiger partial charge in [-0.15, -0.1) is 12.4 Å². The van der Waals surface area contributed by atoms with Crippen molar-refractivity contribution < 1.29 is 4.79 Å². The predicted molar refractivity (Wildman–Crippen MR) is 94.2 cm³/mol. The van der Waals surface area contributed by atoms with Gasteiger partial charge in [-0.2, -0.15) is 5.10 Å². The number of halogens is 3. The summed E-state index contributed by atoms with van der Waals surface area (Å²) < 4.78 is 1.63. The van der Waals surface area contributed by atoms with Crippen LogP contribution in [0.4, 0.5) is 0 Å². The fourth-order valence-electron chi connectivity index (χ4n) is 2.49. The molecule has 0 aliphatic carbocycles. The van der Waals surface area contributed by atoms with E-state index in [4.69, 9.17) is 23.2 Å². The Morgan fingerprint density at radius 3 is 2.78 bits per heavy atom. The van der Waals surface area contributed by atoms with E-state index in [1.807, 2.05) is 11.0 Å². The maximum Gasteiger partial charge on any atom is 0.274 e. The van der Waals surface area contributed by atoms with Crippen LogP contribution in [-0.4, -0.2) is 46.3 Å². The summed E-state index contributed by atoms with van der Waals surface area (Å²) in [6.45, 7) is 4.26. The van der Waals surface area contributed by atoms with Crippen LogP contribution in [0.15, 0.2) is 30.5 Å². The molecule has 0 spiro atoms. The number of rotatable bonds is 2. The lowest BCUT2D eigenvalue weighted by atomic mass is 10.2. The zero-order valence-corrected chi connectivity index (χ0v) is 14.8. The van der Waals surface area contributed by atoms with Crippen LogP contribution in [0, 0.1) is 0 Å². The molecule has 5 nitrogen and oxygen atoms in total. The van der Waals surface area contributed by atoms with E-state index in [0.717, 1.165) is 12.2 Å². The summed E-state index contributed by atoms with van der Waals surface area (Å²) in [5, 5.41) is 8.62. The minimum atomic E-state index is -0.0489. The Balaban J connectivity index is 0.00000192. The number of carbonyl (C=O) groups excluding carboxylic acids is 1. The molecule has 1 fully saturated rings. The second kappa shape index (κ2) is 7.53. The quantitative estimate of drug-likeness (QED) is 0.878. The van der Waals surface area contributed by atoms with Crippen molar-refractivity contribution in [2.45, 2.75) is 13.0 Å². The Morgan fingerprint density at radius 2 is 2.09 bits per heavy atom. The summed E-state index contributed by atoms with van der Waals surface area (Å²) in [5.74, 6) is -0.0489. The minimum Gasteiger partial charge on any atom is -0.334 e. The molecular weight excluding hydrogens is 359 g/mol. The maximum atomic E-state index is 12.5. The van der Waals surface area contributed by atoms with Crippen LogP contribution in [0.2, 0.25) is 10.0 Å². The zero-order chi connectivity index (χ0) is 15.7. The SMILES string of the molecule is CC1CN(C(=O)c2ccn(-c3ccc(Cl)c(Cl)c3)n2)CCN1.Cl. The third kappa shape index (κ3) is 3.98. The van der Waals surface area contributed by atoms with E-state index in [-0.39, 0.29) is 18.3 Å². The Hall–Kier alpha value is -1.27. The van der Waals surface area contributed by atoms with Crippen molar-refractivity contribution in [3.8, 4) is 5.69 Å². The molecule has 23 heavy (non-hydrogen) atoms. The van der Waals surface area contributed by atoms with E-state index >= 15 is 0 Å². The maximum absolute atomic E-state index is 12.5. The zero-order valence-electron chi connectivity index (χ0n) is 12.5. The second-order valence-corrected chi connectivity index (χ2v) is 6.16. The van der Waals surface area contributed by atoms with Crippen LogP contribution in [-0.2, 0) is 0 Å². The molecule has 1 amide bonds. The lowest BCUT2D eigenvalue weighted by Gasteiger charge is -2.31. The number of nitrogens with zero attached hydrogens (tertiary/aromatic N) is 3. The summed E-state index contributed by atoms with van der Waals surface area (Å²) in [5.41, 5.74) is 1.20. The first-order chi connectivity index (χ1) is 10.5. The van der Waals surface area contributed by atoms with Crippen LogP contribution in [0.25, 0.3) is 5.69 Å². The van der Waals surface area contributed by atoms with Gasteiger partial charge in [0.2, 0.25) is 0 Å². The highest BCUT2D eigenvalue weighted by Gasteiger charge is 2.23. The van der Waals surface area contributed by atoms with Gasteiger partial charge in [0, 0.05) is 31.9 Å². The highest BCUT2D eigenvalue weighted by Crippen LogP contribution is 2.24. The highest BCUT2D eigenvalue weighted by molar-refractivity contribution is 6.42. The van der Waals surface area contributed by atoms with E-state index in [1.54, 1.807) is 29.1 Å². The molecule has 0 saturated carbocycles. The standard InChI is InChI=1S/C15H16Cl2N4O.ClH/c1-10-9-20(7-5-18-10)15(22)14-4-6-21(19-14)11-2-3-12(16)13(17)8-11;/h2-4,6,8,10,18H,5,7,9H2,1H3;1H. The number of amides is 1. The van der Waals surface area contributed by atoms with E-state index in [2.05, 4.69) is 17.3 Å². The summed E-state index contributed by atoms with van der Waals surface area (Å²) in [7, 11) is 0. The van der Waals surface area contributed by atoms with Gasteiger partial charge in [-0.25, -0.2) is 4.68 Å². The highest BCUT2D eigenvalue weighted by atomic mass is 35.5. The van der Waals surface area contributed by atoms with Crippen molar-refractivity contribution >= 4 is 41.5 Å². The van der Waals surface area contributed by atoms with Gasteiger partial charge in [0.15, 0.2) is 5.69 Å². The second-order valence-electron chi connectivity index (χ2n) is 5.35. The fraction of sp³-hybridized carbons (Fsp3) is 0.333. The molecule has 0 radical (unpaired) electrons. The van der Waals surface area contributed by atoms with Crippen LogP contribution < -0.4 is 5.32 Å². The van der Waals surface area contributed by atoms with Crippen LogP contribution >= 0.6 is 35.6 Å². The number of aromatic nitrogens is 2. The normalized spacial score (nSPS) is 17.7. The summed E-state index contributed by atoms with van der Waals surface area (Å²) in [4.78, 5) is 14.3. The van der Waals surface area contributed by atoms with Crippen LogP contribution in [0.1, 0.15) is 17.4 Å². The van der Waals surface area contributed by atoms with Gasteiger partial charge in [-0.3, -0.25) is 4.79 Å². The molecule has 1 saturated heterocycles. The van der Waals surface area contributed by atoms with Gasteiger partial charge in [0.25, 0.3) is 5.91 Å². The number of benzene rings is 1. The number of piperazine rings is 1. The summed E-state index contributed by atoms with van der Waals surface area (Å²) in [6, 6.07) is 7.26. The van der Waals surface area contributed by atoms with Gasteiger partial charge in [0.1, 0.15) is 0 Å². The van der Waals surface area contributed by atoms with Crippen molar-refractivity contribution in [2.24, 2.45) is 0 Å². The van der Waals surface area contributed by atoms with Gasteiger partial charge >= 0.3 is 0 Å². The van der Waals surface area contributed by atoms with E-state index in [1.165, 1.54) is 0 Å². The molecule has 1 unspecified atom stereocenters. The Kier molecular flexibility index (Phi) is 5.92. The average molecular weight is 376 g/mol. The lowest BCUT2D eigenvalue weighted by Crippen LogP contribution is -2.51. The van der Waals surface area contributed by atoms with Crippen molar-refractivity contribution in [3.63, 3.8) is 0 Å². The first-order valence-corrected chi connectivity index (χ1v) is 7.84. The third-order valence-corrected chi connectivity index (χ3v) is 4.37. The largest absolute Gasteiger partial charge is 0.334 e. The van der Waals surface area contributed by atoms with E-state index in [9.17, 15) is 4.79 Å². The molecule has 3 rings (SSSR count). The number of nitrogens with one attached hydrogen (secondary N) is 1. The van der Waals surface area contributed by atoms with Crippen molar-refractivity contribution in [1.82, 2.24) is 20.0 Å². The Labute approximate surface area is 151 Å². The van der Waals surface area contributed by atoms with Crippen molar-refractivity contribution in [3.05, 3.63) is 46.2 Å². The molecular formula is C15H17Cl3N4O. The molecule has 2 heterocycles. The number of hydrogen-bond acceptors (Lipinski definition) is 3. The molecule has 8 heteroatoms. The number of hydrogen-bond donors (Lipinski definition) is 1. The lowest BCUT2D eigenvalue weighted by molar-refractivity contribution is 0.0702. The molecule has 1 atom stereocenters. The smallest absolute Gasteiger partial charge is 0.274 e. The first kappa shape index (κ1) is 18.1. The molecule has 2 aromatic rings. The Morgan fingerprint density at radius 1 is 1.30 bits per heavy atom. The van der Waals surface area contributed by atoms with Gasteiger partial charge < -0.3 is 10.2 Å². The Bertz CT molecular complexity index is 704. The summed E-state index contributed by atoms with van der Waals surface area (Å²) in [6.07, 6.45) is 1.75. The van der Waals surface area contributed by atoms with Crippen LogP contribution in [0.3, 0.4) is 0 Å². The molecule has 1 aromatic heterocycles. The third-order valence-electron chi connectivity index (χ3n) is 3.63. The number of carbonyl (C=O) groups is 1. The monoisotopic (exact) mass is 374 g/mol. The summed E-state index contributed by atoms with van der Waals surface area (Å²) >= 11 is 11.9. The molecule has 124 valence electrons. The molecule has 1 aliphatic heterocycles. The van der Waals surface area contributed by atoms with E-state index < -0.39 is 0 Å². The van der Waals surface area contributed by atoms with Gasteiger partial charge in [0.05, 0.1) is 15.7 Å². The van der Waals surface area contributed by atoms with E-state index in [0.29, 0.717) is 34.9 Å². The average Bonchev–Trinajstić information content (AvgIpc) is 2.99. The first-order valence-electron chi connectivity index (χ1n) is 7.08. The van der Waals surface area contributed by atoms with Gasteiger partial charge in [-0.1, -0.05) is 23.2 Å². The van der Waals surface area contributed by atoms with Crippen molar-refractivity contribution in [1.29, 1.82) is 0 Å². The molecule has 0 bridgehead atoms. The molecule has 1 aliphatic rings. The van der Waals surface area contributed by atoms with Gasteiger partial charge in [-0.05, 0) is 31.2 Å². The predicted octanol–water partition coefficient (Wildman–Crippen LogP) is 3.03.